The highest BCUT2D eigenvalue weighted by molar-refractivity contribution is 7.94. The average molecular weight is 549 g/mol. The number of aromatic nitrogens is 2. The Kier molecular flexibility index (Phi) is 7.84. The summed E-state index contributed by atoms with van der Waals surface area (Å²) in [5.41, 5.74) is 2.39. The van der Waals surface area contributed by atoms with Gasteiger partial charge in [0.25, 0.3) is 10.0 Å². The second-order valence-corrected chi connectivity index (χ2v) is 11.6. The molecule has 4 aromatic rings. The normalized spacial score (nSPS) is 12.4. The maximum atomic E-state index is 13.0. The van der Waals surface area contributed by atoms with E-state index >= 15 is 0 Å². The first-order valence-electron chi connectivity index (χ1n) is 11.1. The van der Waals surface area contributed by atoms with E-state index in [4.69, 9.17) is 16.3 Å². The van der Waals surface area contributed by atoms with E-state index in [0.29, 0.717) is 34.0 Å². The number of thiophene rings is 1. The largest absolute Gasteiger partial charge is 0.496 e. The molecule has 0 aliphatic carbocycles. The summed E-state index contributed by atoms with van der Waals surface area (Å²) < 4.78 is 36.1. The molecule has 2 aromatic carbocycles. The number of carbonyl (C=O) groups is 1. The van der Waals surface area contributed by atoms with Crippen molar-refractivity contribution >= 4 is 55.6 Å². The van der Waals surface area contributed by atoms with E-state index in [0.717, 1.165) is 22.5 Å². The standard InChI is InChI=1S/C24H25ClN4O5S2/c1-3-20(30)26-21(31)13-15-6-4-7-16(12-15)14-29-17-8-5-9-18(34-2)23(17)24(27-29)28-36(32,33)22-11-10-19(25)35-22/h4-12,21,31H,3,13-14H2,1-2H3,(H,26,30)(H,27,28). The van der Waals surface area contributed by atoms with E-state index in [1.165, 1.54) is 19.2 Å². The van der Waals surface area contributed by atoms with Gasteiger partial charge in [-0.3, -0.25) is 14.2 Å². The number of fused-ring (bicyclic) bond motifs is 1. The second kappa shape index (κ2) is 10.9. The van der Waals surface area contributed by atoms with Gasteiger partial charge in [-0.15, -0.1) is 11.3 Å². The predicted molar refractivity (Wildman–Crippen MR) is 140 cm³/mol. The second-order valence-electron chi connectivity index (χ2n) is 7.99. The Morgan fingerprint density at radius 1 is 1.19 bits per heavy atom. The molecule has 9 nitrogen and oxygen atoms in total. The van der Waals surface area contributed by atoms with Crippen molar-refractivity contribution < 1.29 is 23.1 Å². The van der Waals surface area contributed by atoms with Gasteiger partial charge in [-0.05, 0) is 35.4 Å². The lowest BCUT2D eigenvalue weighted by molar-refractivity contribution is -0.123. The van der Waals surface area contributed by atoms with Crippen LogP contribution < -0.4 is 14.8 Å². The van der Waals surface area contributed by atoms with Gasteiger partial charge in [-0.25, -0.2) is 8.42 Å². The molecule has 0 bridgehead atoms. The first-order chi connectivity index (χ1) is 17.2. The maximum absolute atomic E-state index is 13.0. The molecule has 3 N–H and O–H groups in total. The van der Waals surface area contributed by atoms with E-state index in [-0.39, 0.29) is 22.4 Å². The number of amides is 1. The lowest BCUT2D eigenvalue weighted by Gasteiger charge is -2.13. The molecule has 0 aliphatic rings. The van der Waals surface area contributed by atoms with Crippen LogP contribution in [-0.4, -0.2) is 42.5 Å². The Morgan fingerprint density at radius 2 is 1.94 bits per heavy atom. The topological polar surface area (TPSA) is 123 Å². The summed E-state index contributed by atoms with van der Waals surface area (Å²) >= 11 is 6.89. The molecule has 1 atom stereocenters. The van der Waals surface area contributed by atoms with E-state index in [1.807, 2.05) is 30.3 Å². The van der Waals surface area contributed by atoms with Gasteiger partial charge in [0, 0.05) is 12.8 Å². The van der Waals surface area contributed by atoms with Crippen molar-refractivity contribution in [3.05, 3.63) is 70.1 Å². The van der Waals surface area contributed by atoms with Gasteiger partial charge in [0.05, 0.1) is 28.9 Å². The van der Waals surface area contributed by atoms with Crippen LogP contribution >= 0.6 is 22.9 Å². The Bertz CT molecular complexity index is 1500. The highest BCUT2D eigenvalue weighted by Gasteiger charge is 2.23. The minimum Gasteiger partial charge on any atom is -0.496 e. The smallest absolute Gasteiger partial charge is 0.272 e. The molecular formula is C24H25ClN4O5S2. The fraction of sp³-hybridized carbons (Fsp3) is 0.250. The number of ether oxygens (including phenoxy) is 1. The zero-order valence-corrected chi connectivity index (χ0v) is 22.0. The van der Waals surface area contributed by atoms with Gasteiger partial charge < -0.3 is 15.2 Å². The number of anilines is 1. The maximum Gasteiger partial charge on any atom is 0.272 e. The molecule has 2 aromatic heterocycles. The van der Waals surface area contributed by atoms with Crippen molar-refractivity contribution in [2.24, 2.45) is 0 Å². The first-order valence-corrected chi connectivity index (χ1v) is 13.7. The summed E-state index contributed by atoms with van der Waals surface area (Å²) in [4.78, 5) is 11.5. The number of rotatable bonds is 10. The van der Waals surface area contributed by atoms with Crippen molar-refractivity contribution in [1.29, 1.82) is 0 Å². The van der Waals surface area contributed by atoms with Crippen molar-refractivity contribution in [2.75, 3.05) is 11.8 Å². The molecule has 1 amide bonds. The number of benzene rings is 2. The lowest BCUT2D eigenvalue weighted by atomic mass is 10.1. The van der Waals surface area contributed by atoms with Gasteiger partial charge in [0.15, 0.2) is 5.82 Å². The molecule has 4 rings (SSSR count). The van der Waals surface area contributed by atoms with Crippen LogP contribution in [0.2, 0.25) is 4.34 Å². The molecule has 190 valence electrons. The zero-order chi connectivity index (χ0) is 25.9. The number of nitrogens with zero attached hydrogens (tertiary/aromatic N) is 2. The Hall–Kier alpha value is -3.12. The number of nitrogens with one attached hydrogen (secondary N) is 2. The van der Waals surface area contributed by atoms with E-state index in [2.05, 4.69) is 15.1 Å². The van der Waals surface area contributed by atoms with Gasteiger partial charge in [-0.1, -0.05) is 48.9 Å². The minimum absolute atomic E-state index is 0.0755. The number of sulfonamides is 1. The van der Waals surface area contributed by atoms with Crippen LogP contribution in [0.3, 0.4) is 0 Å². The van der Waals surface area contributed by atoms with Crippen LogP contribution in [0, 0.1) is 0 Å². The number of carbonyl (C=O) groups excluding carboxylic acids is 1. The third-order valence-corrected chi connectivity index (χ3v) is 8.47. The van der Waals surface area contributed by atoms with Crippen LogP contribution in [0.1, 0.15) is 24.5 Å². The molecule has 36 heavy (non-hydrogen) atoms. The fourth-order valence-corrected chi connectivity index (χ4v) is 6.26. The van der Waals surface area contributed by atoms with Crippen LogP contribution in [0.15, 0.2) is 58.8 Å². The molecule has 0 spiro atoms. The van der Waals surface area contributed by atoms with E-state index in [9.17, 15) is 18.3 Å². The van der Waals surface area contributed by atoms with Gasteiger partial charge in [-0.2, -0.15) is 5.10 Å². The highest BCUT2D eigenvalue weighted by Crippen LogP contribution is 2.35. The first kappa shape index (κ1) is 26.0. The number of halogens is 1. The third kappa shape index (κ3) is 5.81. The predicted octanol–water partition coefficient (Wildman–Crippen LogP) is 4.00. The SMILES string of the molecule is CCC(=O)NC(O)Cc1cccc(Cn2nc(NS(=O)(=O)c3ccc(Cl)s3)c3c(OC)cccc32)c1. The van der Waals surface area contributed by atoms with Gasteiger partial charge in [0.1, 0.15) is 16.2 Å². The van der Waals surface area contributed by atoms with Crippen molar-refractivity contribution in [2.45, 2.75) is 36.7 Å². The van der Waals surface area contributed by atoms with Crippen LogP contribution in [-0.2, 0) is 27.8 Å². The van der Waals surface area contributed by atoms with E-state index in [1.54, 1.807) is 23.7 Å². The molecule has 0 saturated carbocycles. The van der Waals surface area contributed by atoms with E-state index < -0.39 is 16.3 Å². The summed E-state index contributed by atoms with van der Waals surface area (Å²) in [6, 6.07) is 15.9. The monoisotopic (exact) mass is 548 g/mol. The minimum atomic E-state index is -3.91. The summed E-state index contributed by atoms with van der Waals surface area (Å²) in [6.45, 7) is 2.05. The van der Waals surface area contributed by atoms with Crippen LogP contribution in [0.5, 0.6) is 5.75 Å². The molecule has 12 heteroatoms. The number of methoxy groups -OCH3 is 1. The number of aliphatic hydroxyl groups excluding tert-OH is 1. The third-order valence-electron chi connectivity index (χ3n) is 5.41. The average Bonchev–Trinajstić information content (AvgIpc) is 3.43. The Morgan fingerprint density at radius 3 is 2.64 bits per heavy atom. The quantitative estimate of drug-likeness (QED) is 0.257. The fourth-order valence-electron chi connectivity index (χ4n) is 3.77. The Balaban J connectivity index is 1.65. The molecule has 1 unspecified atom stereocenters. The molecule has 2 heterocycles. The van der Waals surface area contributed by atoms with Crippen molar-refractivity contribution in [1.82, 2.24) is 15.1 Å². The summed E-state index contributed by atoms with van der Waals surface area (Å²) in [5, 5.41) is 17.8. The number of hydrogen-bond donors (Lipinski definition) is 3. The van der Waals surface area contributed by atoms with Gasteiger partial charge >= 0.3 is 0 Å². The van der Waals surface area contributed by atoms with Crippen molar-refractivity contribution in [3.8, 4) is 5.75 Å². The summed E-state index contributed by atoms with van der Waals surface area (Å²) in [7, 11) is -2.40. The van der Waals surface area contributed by atoms with Crippen LogP contribution in [0.25, 0.3) is 10.9 Å². The molecule has 0 aliphatic heterocycles. The summed E-state index contributed by atoms with van der Waals surface area (Å²) in [5.74, 6) is 0.389. The molecular weight excluding hydrogens is 524 g/mol. The van der Waals surface area contributed by atoms with Crippen LogP contribution in [0.4, 0.5) is 5.82 Å². The molecule has 0 fully saturated rings. The zero-order valence-electron chi connectivity index (χ0n) is 19.6. The van der Waals surface area contributed by atoms with Gasteiger partial charge in [0.2, 0.25) is 5.91 Å². The highest BCUT2D eigenvalue weighted by atomic mass is 35.5. The molecule has 0 saturated heterocycles. The summed E-state index contributed by atoms with van der Waals surface area (Å²) in [6.07, 6.45) is -0.450. The molecule has 0 radical (unpaired) electrons. The van der Waals surface area contributed by atoms with Crippen molar-refractivity contribution in [3.63, 3.8) is 0 Å². The number of hydrogen-bond acceptors (Lipinski definition) is 7. The Labute approximate surface area is 217 Å². The number of aliphatic hydroxyl groups is 1. The lowest BCUT2D eigenvalue weighted by Crippen LogP contribution is -2.35.